The van der Waals surface area contributed by atoms with Crippen molar-refractivity contribution < 1.29 is 4.79 Å². The van der Waals surface area contributed by atoms with E-state index in [0.717, 1.165) is 19.4 Å². The van der Waals surface area contributed by atoms with E-state index < -0.39 is 0 Å². The van der Waals surface area contributed by atoms with E-state index in [4.69, 9.17) is 5.73 Å². The molecule has 1 unspecified atom stereocenters. The van der Waals surface area contributed by atoms with Crippen molar-refractivity contribution >= 4 is 5.91 Å². The first-order chi connectivity index (χ1) is 4.72. The van der Waals surface area contributed by atoms with E-state index >= 15 is 0 Å². The number of hydrogen-bond acceptors (Lipinski definition) is 2. The molecule has 0 spiro atoms. The number of likely N-dealkylation sites (N-methyl/N-ethyl adjacent to an activating group) is 1. The van der Waals surface area contributed by atoms with Crippen LogP contribution in [-0.2, 0) is 4.79 Å². The Morgan fingerprint density at radius 3 is 2.90 bits per heavy atom. The highest BCUT2D eigenvalue weighted by Crippen LogP contribution is 2.12. The highest BCUT2D eigenvalue weighted by molar-refractivity contribution is 5.81. The summed E-state index contributed by atoms with van der Waals surface area (Å²) in [5.74, 6) is -0.234. The minimum atomic E-state index is -0.234. The van der Waals surface area contributed by atoms with Crippen molar-refractivity contribution in [1.82, 2.24) is 4.90 Å². The molecule has 1 aliphatic rings. The fraction of sp³-hybridized carbons (Fsp3) is 0.714. The first-order valence-electron chi connectivity index (χ1n) is 3.54. The Morgan fingerprint density at radius 2 is 2.50 bits per heavy atom. The van der Waals surface area contributed by atoms with Crippen LogP contribution in [0.2, 0.25) is 0 Å². The fourth-order valence-electron chi connectivity index (χ4n) is 1.27. The minimum absolute atomic E-state index is 0.131. The first-order valence-corrected chi connectivity index (χ1v) is 3.54. The van der Waals surface area contributed by atoms with Crippen molar-refractivity contribution in [3.8, 4) is 0 Å². The molecule has 0 bridgehead atoms. The average Bonchev–Trinajstić information content (AvgIpc) is 1.88. The third-order valence-electron chi connectivity index (χ3n) is 1.87. The molecular weight excluding hydrogens is 128 g/mol. The molecule has 10 heavy (non-hydrogen) atoms. The Hall–Kier alpha value is -0.570. The number of rotatable bonds is 1. The van der Waals surface area contributed by atoms with Gasteiger partial charge in [0.15, 0.2) is 0 Å². The van der Waals surface area contributed by atoms with Crippen LogP contribution in [0.4, 0.5) is 0 Å². The number of carbonyl (C=O) groups excluding carboxylic acids is 1. The molecule has 1 fully saturated rings. The molecule has 3 nitrogen and oxygen atoms in total. The van der Waals surface area contributed by atoms with Gasteiger partial charge in [-0.25, -0.2) is 0 Å². The third kappa shape index (κ3) is 1.48. The second kappa shape index (κ2) is 3.01. The molecule has 0 aromatic heterocycles. The van der Waals surface area contributed by atoms with Gasteiger partial charge in [0.1, 0.15) is 0 Å². The molecule has 1 heterocycles. The maximum Gasteiger partial charge on any atom is 0.235 e. The van der Waals surface area contributed by atoms with Gasteiger partial charge in [-0.2, -0.15) is 0 Å². The van der Waals surface area contributed by atoms with Crippen LogP contribution >= 0.6 is 0 Å². The Bertz CT molecular complexity index is 136. The summed E-state index contributed by atoms with van der Waals surface area (Å²) in [6, 6.07) is -0.131. The summed E-state index contributed by atoms with van der Waals surface area (Å²) in [6.45, 7) is 0.976. The maximum atomic E-state index is 10.7. The molecule has 3 heteroatoms. The Morgan fingerprint density at radius 1 is 1.80 bits per heavy atom. The summed E-state index contributed by atoms with van der Waals surface area (Å²) in [7, 11) is 1.92. The predicted octanol–water partition coefficient (Wildman–Crippen LogP) is -0.230. The van der Waals surface area contributed by atoms with Crippen LogP contribution in [0.1, 0.15) is 12.8 Å². The standard InChI is InChI=1S/C7H13N2O/c1-9-5-3-2-4-6(9)7(8)10/h4,6H,2-3,5H2,1H3,(H2,8,10). The molecule has 1 aliphatic heterocycles. The van der Waals surface area contributed by atoms with Gasteiger partial charge in [0.25, 0.3) is 0 Å². The molecule has 0 aromatic rings. The number of likely N-dealkylation sites (tertiary alicyclic amines) is 1. The Kier molecular flexibility index (Phi) is 2.27. The molecule has 0 saturated carbocycles. The molecule has 0 aliphatic carbocycles. The number of nitrogens with two attached hydrogens (primary N) is 1. The van der Waals surface area contributed by atoms with E-state index in [0.29, 0.717) is 0 Å². The van der Waals surface area contributed by atoms with Crippen LogP contribution in [0, 0.1) is 6.42 Å². The maximum absolute atomic E-state index is 10.7. The van der Waals surface area contributed by atoms with Gasteiger partial charge in [-0.15, -0.1) is 0 Å². The number of hydrogen-bond donors (Lipinski definition) is 1. The van der Waals surface area contributed by atoms with Crippen molar-refractivity contribution in [1.29, 1.82) is 0 Å². The molecule has 1 saturated heterocycles. The normalized spacial score (nSPS) is 28.3. The summed E-state index contributed by atoms with van der Waals surface area (Å²) in [4.78, 5) is 12.7. The van der Waals surface area contributed by atoms with Gasteiger partial charge < -0.3 is 5.73 Å². The van der Waals surface area contributed by atoms with Gasteiger partial charge in [0.2, 0.25) is 5.91 Å². The summed E-state index contributed by atoms with van der Waals surface area (Å²) in [5.41, 5.74) is 5.15. The van der Waals surface area contributed by atoms with Crippen LogP contribution in [0.3, 0.4) is 0 Å². The molecule has 1 atom stereocenters. The molecule has 2 N–H and O–H groups in total. The molecule has 1 amide bonds. The molecule has 57 valence electrons. The van der Waals surface area contributed by atoms with Gasteiger partial charge in [-0.05, 0) is 32.9 Å². The topological polar surface area (TPSA) is 46.3 Å². The largest absolute Gasteiger partial charge is 0.368 e. The van der Waals surface area contributed by atoms with Crippen molar-refractivity contribution in [3.05, 3.63) is 6.42 Å². The van der Waals surface area contributed by atoms with Gasteiger partial charge >= 0.3 is 0 Å². The zero-order valence-corrected chi connectivity index (χ0v) is 6.21. The number of piperidine rings is 1. The van der Waals surface area contributed by atoms with Crippen molar-refractivity contribution in [2.45, 2.75) is 18.9 Å². The zero-order chi connectivity index (χ0) is 7.56. The summed E-state index contributed by atoms with van der Waals surface area (Å²) in [6.07, 6.45) is 4.13. The Balaban J connectivity index is 2.47. The van der Waals surface area contributed by atoms with Crippen LogP contribution in [0.5, 0.6) is 0 Å². The third-order valence-corrected chi connectivity index (χ3v) is 1.87. The van der Waals surface area contributed by atoms with Crippen molar-refractivity contribution in [2.75, 3.05) is 13.6 Å². The van der Waals surface area contributed by atoms with Crippen LogP contribution in [0.25, 0.3) is 0 Å². The lowest BCUT2D eigenvalue weighted by Gasteiger charge is -2.29. The summed E-state index contributed by atoms with van der Waals surface area (Å²) >= 11 is 0. The molecule has 1 rings (SSSR count). The molecule has 1 radical (unpaired) electrons. The van der Waals surface area contributed by atoms with Crippen LogP contribution < -0.4 is 5.73 Å². The SMILES string of the molecule is CN1CCC[CH]C1C(N)=O. The van der Waals surface area contributed by atoms with E-state index in [-0.39, 0.29) is 11.9 Å². The van der Waals surface area contributed by atoms with E-state index in [2.05, 4.69) is 0 Å². The Labute approximate surface area is 61.2 Å². The van der Waals surface area contributed by atoms with Gasteiger partial charge in [0.05, 0.1) is 6.04 Å². The monoisotopic (exact) mass is 141 g/mol. The quantitative estimate of drug-likeness (QED) is 0.548. The molecular formula is C7H13N2O. The highest BCUT2D eigenvalue weighted by Gasteiger charge is 2.23. The summed E-state index contributed by atoms with van der Waals surface area (Å²) < 4.78 is 0. The minimum Gasteiger partial charge on any atom is -0.368 e. The molecule has 0 aromatic carbocycles. The van der Waals surface area contributed by atoms with Crippen LogP contribution in [0.15, 0.2) is 0 Å². The van der Waals surface area contributed by atoms with E-state index in [1.54, 1.807) is 0 Å². The fourth-order valence-corrected chi connectivity index (χ4v) is 1.27. The van der Waals surface area contributed by atoms with E-state index in [9.17, 15) is 4.79 Å². The lowest BCUT2D eigenvalue weighted by molar-refractivity contribution is -0.122. The van der Waals surface area contributed by atoms with E-state index in [1.165, 1.54) is 0 Å². The smallest absolute Gasteiger partial charge is 0.235 e. The number of amides is 1. The average molecular weight is 141 g/mol. The number of nitrogens with zero attached hydrogens (tertiary/aromatic N) is 1. The van der Waals surface area contributed by atoms with Crippen molar-refractivity contribution in [2.24, 2.45) is 5.73 Å². The van der Waals surface area contributed by atoms with Gasteiger partial charge in [0, 0.05) is 0 Å². The lowest BCUT2D eigenvalue weighted by atomic mass is 10.0. The van der Waals surface area contributed by atoms with Crippen molar-refractivity contribution in [3.63, 3.8) is 0 Å². The van der Waals surface area contributed by atoms with E-state index in [1.807, 2.05) is 18.4 Å². The first kappa shape index (κ1) is 7.54. The lowest BCUT2D eigenvalue weighted by Crippen LogP contribution is -2.45. The number of primary amides is 1. The van der Waals surface area contributed by atoms with Gasteiger partial charge in [-0.3, -0.25) is 9.69 Å². The highest BCUT2D eigenvalue weighted by atomic mass is 16.1. The second-order valence-electron chi connectivity index (χ2n) is 2.71. The number of carbonyl (C=O) groups is 1. The predicted molar refractivity (Wildman–Crippen MR) is 39.1 cm³/mol. The summed E-state index contributed by atoms with van der Waals surface area (Å²) in [5, 5.41) is 0. The zero-order valence-electron chi connectivity index (χ0n) is 6.21. The second-order valence-corrected chi connectivity index (χ2v) is 2.71. The van der Waals surface area contributed by atoms with Crippen LogP contribution in [-0.4, -0.2) is 30.4 Å². The van der Waals surface area contributed by atoms with Gasteiger partial charge in [-0.1, -0.05) is 0 Å².